The van der Waals surface area contributed by atoms with Crippen LogP contribution in [0.4, 0.5) is 11.4 Å². The second kappa shape index (κ2) is 6.50. The topological polar surface area (TPSA) is 78.5 Å². The molecule has 0 saturated carbocycles. The maximum atomic E-state index is 14.0. The SMILES string of the molecule is CC(C)[C@@H]1N[C@]2(C(=O)Nc3ccccc32)[C@@H]2C(=O)N(c3cccc4ccccc34)C(=O)[C@H]21. The number of para-hydroxylation sites is 1. The second-order valence-electron chi connectivity index (χ2n) is 9.24. The molecule has 6 rings (SSSR count). The summed E-state index contributed by atoms with van der Waals surface area (Å²) in [5.41, 5.74) is 0.764. The van der Waals surface area contributed by atoms with Crippen molar-refractivity contribution < 1.29 is 14.4 Å². The van der Waals surface area contributed by atoms with E-state index in [0.29, 0.717) is 11.4 Å². The maximum absolute atomic E-state index is 14.0. The summed E-state index contributed by atoms with van der Waals surface area (Å²) < 4.78 is 0. The first-order valence-electron chi connectivity index (χ1n) is 11.0. The fraction of sp³-hybridized carbons (Fsp3) is 0.269. The number of amides is 3. The Bertz CT molecular complexity index is 1310. The third kappa shape index (κ3) is 2.25. The summed E-state index contributed by atoms with van der Waals surface area (Å²) in [7, 11) is 0. The van der Waals surface area contributed by atoms with Crippen LogP contribution in [0.3, 0.4) is 0 Å². The van der Waals surface area contributed by atoms with Crippen LogP contribution in [0.25, 0.3) is 10.8 Å². The number of benzene rings is 3. The Morgan fingerprint density at radius 3 is 2.41 bits per heavy atom. The molecule has 0 aromatic heterocycles. The van der Waals surface area contributed by atoms with Crippen molar-refractivity contribution in [1.82, 2.24) is 5.32 Å². The third-order valence-electron chi connectivity index (χ3n) is 7.28. The quantitative estimate of drug-likeness (QED) is 0.617. The Kier molecular flexibility index (Phi) is 3.90. The number of rotatable bonds is 2. The standard InChI is InChI=1S/C26H23N3O3/c1-14(2)22-20-21(26(28-22)17-11-5-6-12-18(17)27-25(26)32)24(31)29(23(20)30)19-13-7-9-15-8-3-4-10-16(15)19/h3-14,20-22,28H,1-2H3,(H,27,32)/t20-,21+,22+,26+/m1/s1. The van der Waals surface area contributed by atoms with Crippen LogP contribution in [0.15, 0.2) is 66.7 Å². The number of imide groups is 1. The lowest BCUT2D eigenvalue weighted by Gasteiger charge is -2.30. The van der Waals surface area contributed by atoms with Gasteiger partial charge < -0.3 is 5.32 Å². The first-order valence-corrected chi connectivity index (χ1v) is 11.0. The van der Waals surface area contributed by atoms with E-state index in [1.807, 2.05) is 80.6 Å². The van der Waals surface area contributed by atoms with Gasteiger partial charge in [-0.2, -0.15) is 0 Å². The smallest absolute Gasteiger partial charge is 0.250 e. The second-order valence-corrected chi connectivity index (χ2v) is 9.24. The summed E-state index contributed by atoms with van der Waals surface area (Å²) in [6.45, 7) is 4.04. The molecule has 160 valence electrons. The Labute approximate surface area is 185 Å². The third-order valence-corrected chi connectivity index (χ3v) is 7.28. The number of hydrogen-bond acceptors (Lipinski definition) is 4. The number of anilines is 2. The summed E-state index contributed by atoms with van der Waals surface area (Å²) in [6, 6.07) is 20.5. The molecule has 3 heterocycles. The Morgan fingerprint density at radius 2 is 1.59 bits per heavy atom. The molecule has 3 amide bonds. The molecule has 3 aliphatic heterocycles. The molecule has 0 radical (unpaired) electrons. The molecule has 6 heteroatoms. The highest BCUT2D eigenvalue weighted by Crippen LogP contribution is 2.54. The largest absolute Gasteiger partial charge is 0.324 e. The van der Waals surface area contributed by atoms with Crippen molar-refractivity contribution in [2.75, 3.05) is 10.2 Å². The van der Waals surface area contributed by atoms with Gasteiger partial charge in [0.25, 0.3) is 0 Å². The Morgan fingerprint density at radius 1 is 0.875 bits per heavy atom. The van der Waals surface area contributed by atoms with Crippen LogP contribution < -0.4 is 15.5 Å². The zero-order chi connectivity index (χ0) is 22.2. The minimum Gasteiger partial charge on any atom is -0.324 e. The van der Waals surface area contributed by atoms with E-state index >= 15 is 0 Å². The van der Waals surface area contributed by atoms with E-state index in [4.69, 9.17) is 0 Å². The van der Waals surface area contributed by atoms with E-state index < -0.39 is 17.4 Å². The van der Waals surface area contributed by atoms with Crippen LogP contribution in [0.5, 0.6) is 0 Å². The van der Waals surface area contributed by atoms with E-state index in [9.17, 15) is 14.4 Å². The minimum absolute atomic E-state index is 0.0617. The van der Waals surface area contributed by atoms with Crippen molar-refractivity contribution in [3.05, 3.63) is 72.3 Å². The molecule has 2 saturated heterocycles. The normalized spacial score (nSPS) is 28.7. The lowest BCUT2D eigenvalue weighted by Crippen LogP contribution is -2.54. The fourth-order valence-corrected chi connectivity index (χ4v) is 5.90. The predicted octanol–water partition coefficient (Wildman–Crippen LogP) is 3.42. The number of carbonyl (C=O) groups excluding carboxylic acids is 3. The molecule has 0 bridgehead atoms. The van der Waals surface area contributed by atoms with Crippen molar-refractivity contribution in [1.29, 1.82) is 0 Å². The van der Waals surface area contributed by atoms with Crippen LogP contribution in [0, 0.1) is 17.8 Å². The van der Waals surface area contributed by atoms with Gasteiger partial charge in [-0.3, -0.25) is 19.7 Å². The summed E-state index contributed by atoms with van der Waals surface area (Å²) in [6.07, 6.45) is 0. The summed E-state index contributed by atoms with van der Waals surface area (Å²) in [4.78, 5) is 42.6. The number of carbonyl (C=O) groups is 3. The first-order chi connectivity index (χ1) is 15.4. The van der Waals surface area contributed by atoms with Gasteiger partial charge in [0.15, 0.2) is 0 Å². The van der Waals surface area contributed by atoms with Gasteiger partial charge in [0.2, 0.25) is 17.7 Å². The van der Waals surface area contributed by atoms with Crippen molar-refractivity contribution >= 4 is 39.9 Å². The maximum Gasteiger partial charge on any atom is 0.250 e. The molecule has 0 aliphatic carbocycles. The first kappa shape index (κ1) is 19.2. The molecule has 32 heavy (non-hydrogen) atoms. The minimum atomic E-state index is -1.25. The highest BCUT2D eigenvalue weighted by Gasteiger charge is 2.71. The monoisotopic (exact) mass is 425 g/mol. The number of hydrogen-bond donors (Lipinski definition) is 2. The van der Waals surface area contributed by atoms with Gasteiger partial charge in [-0.25, -0.2) is 4.90 Å². The van der Waals surface area contributed by atoms with Crippen molar-refractivity contribution in [2.24, 2.45) is 17.8 Å². The highest BCUT2D eigenvalue weighted by molar-refractivity contribution is 6.28. The number of nitrogens with one attached hydrogen (secondary N) is 2. The summed E-state index contributed by atoms with van der Waals surface area (Å²) in [5.74, 6) is -2.18. The average molecular weight is 425 g/mol. The predicted molar refractivity (Wildman–Crippen MR) is 122 cm³/mol. The van der Waals surface area contributed by atoms with Crippen LogP contribution in [-0.4, -0.2) is 23.8 Å². The van der Waals surface area contributed by atoms with E-state index in [0.717, 1.165) is 16.3 Å². The lowest BCUT2D eigenvalue weighted by atomic mass is 9.76. The van der Waals surface area contributed by atoms with Crippen LogP contribution in [0.2, 0.25) is 0 Å². The molecule has 1 spiro atoms. The molecule has 4 atom stereocenters. The van der Waals surface area contributed by atoms with Crippen LogP contribution in [-0.2, 0) is 19.9 Å². The molecule has 2 N–H and O–H groups in total. The fourth-order valence-electron chi connectivity index (χ4n) is 5.90. The number of nitrogens with zero attached hydrogens (tertiary/aromatic N) is 1. The van der Waals surface area contributed by atoms with Crippen molar-refractivity contribution in [3.63, 3.8) is 0 Å². The number of fused-ring (bicyclic) bond motifs is 5. The molecule has 3 aromatic carbocycles. The molecular formula is C26H23N3O3. The van der Waals surface area contributed by atoms with Gasteiger partial charge >= 0.3 is 0 Å². The molecular weight excluding hydrogens is 402 g/mol. The van der Waals surface area contributed by atoms with E-state index in [1.54, 1.807) is 0 Å². The Balaban J connectivity index is 1.56. The molecule has 3 aliphatic rings. The lowest BCUT2D eigenvalue weighted by molar-refractivity contribution is -0.130. The zero-order valence-corrected chi connectivity index (χ0v) is 17.8. The molecule has 3 aromatic rings. The van der Waals surface area contributed by atoms with Gasteiger partial charge in [0, 0.05) is 22.7 Å². The van der Waals surface area contributed by atoms with E-state index in [-0.39, 0.29) is 29.7 Å². The van der Waals surface area contributed by atoms with Crippen LogP contribution >= 0.6 is 0 Å². The summed E-state index contributed by atoms with van der Waals surface area (Å²) in [5, 5.41) is 8.20. The van der Waals surface area contributed by atoms with Gasteiger partial charge in [-0.05, 0) is 23.4 Å². The Hall–Kier alpha value is -3.51. The average Bonchev–Trinajstić information content (AvgIpc) is 3.38. The zero-order valence-electron chi connectivity index (χ0n) is 17.8. The van der Waals surface area contributed by atoms with Gasteiger partial charge in [0.1, 0.15) is 5.54 Å². The van der Waals surface area contributed by atoms with Crippen LogP contribution in [0.1, 0.15) is 19.4 Å². The molecule has 6 nitrogen and oxygen atoms in total. The van der Waals surface area contributed by atoms with Gasteiger partial charge in [-0.15, -0.1) is 0 Å². The van der Waals surface area contributed by atoms with Gasteiger partial charge in [0.05, 0.1) is 17.5 Å². The van der Waals surface area contributed by atoms with E-state index in [2.05, 4.69) is 10.6 Å². The highest BCUT2D eigenvalue weighted by atomic mass is 16.2. The summed E-state index contributed by atoms with van der Waals surface area (Å²) >= 11 is 0. The molecule has 2 fully saturated rings. The van der Waals surface area contributed by atoms with Crippen molar-refractivity contribution in [3.8, 4) is 0 Å². The van der Waals surface area contributed by atoms with Gasteiger partial charge in [-0.1, -0.05) is 68.4 Å². The van der Waals surface area contributed by atoms with E-state index in [1.165, 1.54) is 4.90 Å². The van der Waals surface area contributed by atoms with Crippen molar-refractivity contribution in [2.45, 2.75) is 25.4 Å². The molecule has 0 unspecified atom stereocenters.